The molecule has 0 aliphatic carbocycles. The Kier molecular flexibility index (Phi) is 4.51. The van der Waals surface area contributed by atoms with Gasteiger partial charge in [0.15, 0.2) is 5.58 Å². The van der Waals surface area contributed by atoms with Crippen molar-refractivity contribution in [2.75, 3.05) is 5.32 Å². The van der Waals surface area contributed by atoms with Gasteiger partial charge in [-0.2, -0.15) is 0 Å². The number of carbonyl (C=O) groups excluding carboxylic acids is 1. The second-order valence-corrected chi connectivity index (χ2v) is 8.48. The second kappa shape index (κ2) is 6.98. The molecule has 0 atom stereocenters. The first-order valence-electron chi connectivity index (χ1n) is 8.05. The summed E-state index contributed by atoms with van der Waals surface area (Å²) in [5.74, 6) is -0.364. The predicted octanol–water partition coefficient (Wildman–Crippen LogP) is 3.90. The van der Waals surface area contributed by atoms with Crippen LogP contribution in [0.3, 0.4) is 0 Å². The maximum absolute atomic E-state index is 12.8. The van der Waals surface area contributed by atoms with Gasteiger partial charge in [0.1, 0.15) is 10.6 Å². The smallest absolute Gasteiger partial charge is 0.230 e. The summed E-state index contributed by atoms with van der Waals surface area (Å²) in [7, 11) is -3.71. The number of hydrogen-bond donors (Lipinski definition) is 1. The van der Waals surface area contributed by atoms with Crippen LogP contribution in [0.25, 0.3) is 11.0 Å². The number of nitrogens with zero attached hydrogens (tertiary/aromatic N) is 1. The molecular formula is C19H14N2O4S2. The van der Waals surface area contributed by atoms with Crippen LogP contribution in [0.2, 0.25) is 0 Å². The summed E-state index contributed by atoms with van der Waals surface area (Å²) in [4.78, 5) is 12.7. The number of hydrogen-bond acceptors (Lipinski definition) is 6. The number of anilines is 1. The SMILES string of the molecule is O=C(Cc1noc2ccccc12)Nc1cscc1S(=O)(=O)c1ccccc1. The van der Waals surface area contributed by atoms with Crippen LogP contribution in [0.15, 0.2) is 79.7 Å². The van der Waals surface area contributed by atoms with Crippen LogP contribution in [0.1, 0.15) is 5.69 Å². The summed E-state index contributed by atoms with van der Waals surface area (Å²) < 4.78 is 30.8. The van der Waals surface area contributed by atoms with Gasteiger partial charge in [-0.1, -0.05) is 35.5 Å². The first-order valence-corrected chi connectivity index (χ1v) is 10.5. The molecule has 2 heterocycles. The third-order valence-corrected chi connectivity index (χ3v) is 6.73. The highest BCUT2D eigenvalue weighted by atomic mass is 32.2. The Morgan fingerprint density at radius 2 is 1.78 bits per heavy atom. The van der Waals surface area contributed by atoms with Crippen molar-refractivity contribution < 1.29 is 17.7 Å². The van der Waals surface area contributed by atoms with Crippen molar-refractivity contribution in [2.24, 2.45) is 0 Å². The van der Waals surface area contributed by atoms with Crippen LogP contribution in [0, 0.1) is 0 Å². The van der Waals surface area contributed by atoms with Crippen molar-refractivity contribution in [3.8, 4) is 0 Å². The molecule has 0 saturated carbocycles. The van der Waals surface area contributed by atoms with E-state index >= 15 is 0 Å². The van der Waals surface area contributed by atoms with E-state index in [0.717, 1.165) is 5.39 Å². The summed E-state index contributed by atoms with van der Waals surface area (Å²) in [6.45, 7) is 0. The highest BCUT2D eigenvalue weighted by Gasteiger charge is 2.23. The van der Waals surface area contributed by atoms with Crippen molar-refractivity contribution >= 4 is 43.7 Å². The molecule has 0 fully saturated rings. The minimum atomic E-state index is -3.71. The molecule has 6 nitrogen and oxygen atoms in total. The lowest BCUT2D eigenvalue weighted by Gasteiger charge is -2.07. The minimum absolute atomic E-state index is 0.0162. The monoisotopic (exact) mass is 398 g/mol. The van der Waals surface area contributed by atoms with Gasteiger partial charge in [-0.05, 0) is 24.3 Å². The molecule has 1 N–H and O–H groups in total. The van der Waals surface area contributed by atoms with E-state index in [4.69, 9.17) is 4.52 Å². The Balaban J connectivity index is 1.58. The number of benzene rings is 2. The minimum Gasteiger partial charge on any atom is -0.356 e. The summed E-state index contributed by atoms with van der Waals surface area (Å²) in [5.41, 5.74) is 1.37. The number of aromatic nitrogens is 1. The van der Waals surface area contributed by atoms with Gasteiger partial charge < -0.3 is 9.84 Å². The third-order valence-electron chi connectivity index (χ3n) is 4.02. The molecule has 0 saturated heterocycles. The highest BCUT2D eigenvalue weighted by molar-refractivity contribution is 7.91. The summed E-state index contributed by atoms with van der Waals surface area (Å²) in [6, 6.07) is 15.4. The quantitative estimate of drug-likeness (QED) is 0.551. The first kappa shape index (κ1) is 17.4. The highest BCUT2D eigenvalue weighted by Crippen LogP contribution is 2.31. The van der Waals surface area contributed by atoms with Crippen LogP contribution < -0.4 is 5.32 Å². The molecule has 0 aliphatic rings. The van der Waals surface area contributed by atoms with E-state index in [0.29, 0.717) is 11.3 Å². The van der Waals surface area contributed by atoms with Gasteiger partial charge in [0, 0.05) is 16.1 Å². The predicted molar refractivity (Wildman–Crippen MR) is 103 cm³/mol. The molecular weight excluding hydrogens is 384 g/mol. The lowest BCUT2D eigenvalue weighted by atomic mass is 10.1. The molecule has 8 heteroatoms. The molecule has 0 bridgehead atoms. The molecule has 2 aromatic heterocycles. The normalized spacial score (nSPS) is 11.6. The molecule has 0 unspecified atom stereocenters. The third kappa shape index (κ3) is 3.36. The largest absolute Gasteiger partial charge is 0.356 e. The standard InChI is InChI=1S/C19H14N2O4S2/c22-19(10-15-14-8-4-5-9-17(14)25-21-15)20-16-11-26-12-18(16)27(23,24)13-6-2-1-3-7-13/h1-9,11-12H,10H2,(H,20,22). The number of para-hydroxylation sites is 1. The van der Waals surface area contributed by atoms with E-state index in [1.807, 2.05) is 18.2 Å². The number of sulfone groups is 1. The van der Waals surface area contributed by atoms with Crippen molar-refractivity contribution in [1.82, 2.24) is 5.16 Å². The lowest BCUT2D eigenvalue weighted by Crippen LogP contribution is -2.16. The molecule has 4 rings (SSSR count). The second-order valence-electron chi connectivity index (χ2n) is 5.82. The van der Waals surface area contributed by atoms with Gasteiger partial charge >= 0.3 is 0 Å². The molecule has 0 aliphatic heterocycles. The average molecular weight is 398 g/mol. The van der Waals surface area contributed by atoms with Crippen LogP contribution in [0.4, 0.5) is 5.69 Å². The Morgan fingerprint density at radius 3 is 2.59 bits per heavy atom. The molecule has 0 spiro atoms. The summed E-state index contributed by atoms with van der Waals surface area (Å²) in [5, 5.41) is 10.5. The van der Waals surface area contributed by atoms with Crippen LogP contribution >= 0.6 is 11.3 Å². The average Bonchev–Trinajstić information content (AvgIpc) is 3.30. The van der Waals surface area contributed by atoms with Gasteiger partial charge in [-0.3, -0.25) is 4.79 Å². The zero-order chi connectivity index (χ0) is 18.9. The van der Waals surface area contributed by atoms with Gasteiger partial charge in [-0.15, -0.1) is 11.3 Å². The summed E-state index contributed by atoms with van der Waals surface area (Å²) in [6.07, 6.45) is -0.0162. The van der Waals surface area contributed by atoms with Crippen LogP contribution in [-0.2, 0) is 21.1 Å². The zero-order valence-corrected chi connectivity index (χ0v) is 15.6. The van der Waals surface area contributed by atoms with Crippen molar-refractivity contribution in [1.29, 1.82) is 0 Å². The van der Waals surface area contributed by atoms with Crippen LogP contribution in [0.5, 0.6) is 0 Å². The molecule has 4 aromatic rings. The molecule has 2 aromatic carbocycles. The molecule has 1 amide bonds. The van der Waals surface area contributed by atoms with E-state index < -0.39 is 9.84 Å². The van der Waals surface area contributed by atoms with Gasteiger partial charge in [0.25, 0.3) is 0 Å². The topological polar surface area (TPSA) is 89.3 Å². The molecule has 136 valence electrons. The Labute approximate surface area is 159 Å². The number of nitrogens with one attached hydrogen (secondary N) is 1. The van der Waals surface area contributed by atoms with Gasteiger partial charge in [-0.25, -0.2) is 8.42 Å². The van der Waals surface area contributed by atoms with E-state index in [1.165, 1.54) is 28.8 Å². The number of thiophene rings is 1. The Bertz CT molecular complexity index is 1210. The maximum Gasteiger partial charge on any atom is 0.230 e. The van der Waals surface area contributed by atoms with Gasteiger partial charge in [0.2, 0.25) is 15.7 Å². The molecule has 27 heavy (non-hydrogen) atoms. The summed E-state index contributed by atoms with van der Waals surface area (Å²) >= 11 is 1.21. The number of amides is 1. The first-order chi connectivity index (χ1) is 13.1. The van der Waals surface area contributed by atoms with Crippen molar-refractivity contribution in [3.63, 3.8) is 0 Å². The van der Waals surface area contributed by atoms with Gasteiger partial charge in [0.05, 0.1) is 17.0 Å². The van der Waals surface area contributed by atoms with Crippen molar-refractivity contribution in [3.05, 3.63) is 71.1 Å². The van der Waals surface area contributed by atoms with E-state index in [1.54, 1.807) is 29.6 Å². The number of fused-ring (bicyclic) bond motifs is 1. The fourth-order valence-corrected chi connectivity index (χ4v) is 5.28. The van der Waals surface area contributed by atoms with Crippen LogP contribution in [-0.4, -0.2) is 19.5 Å². The van der Waals surface area contributed by atoms with E-state index in [-0.39, 0.29) is 27.8 Å². The van der Waals surface area contributed by atoms with Crippen molar-refractivity contribution in [2.45, 2.75) is 16.2 Å². The zero-order valence-electron chi connectivity index (χ0n) is 14.0. The Morgan fingerprint density at radius 1 is 1.04 bits per heavy atom. The Hall–Kier alpha value is -2.97. The molecule has 0 radical (unpaired) electrons. The maximum atomic E-state index is 12.8. The number of rotatable bonds is 5. The van der Waals surface area contributed by atoms with E-state index in [2.05, 4.69) is 10.5 Å². The lowest BCUT2D eigenvalue weighted by molar-refractivity contribution is -0.115. The van der Waals surface area contributed by atoms with E-state index in [9.17, 15) is 13.2 Å². The fourth-order valence-electron chi connectivity index (χ4n) is 2.72. The fraction of sp³-hybridized carbons (Fsp3) is 0.0526. The number of carbonyl (C=O) groups is 1.